The van der Waals surface area contributed by atoms with Gasteiger partial charge in [0.05, 0.1) is 12.2 Å². The number of aliphatic hydroxyl groups is 1. The van der Waals surface area contributed by atoms with Gasteiger partial charge in [-0.1, -0.05) is 0 Å². The zero-order valence-electron chi connectivity index (χ0n) is 10.7. The maximum atomic E-state index is 13.1. The molecule has 0 bridgehead atoms. The van der Waals surface area contributed by atoms with Crippen molar-refractivity contribution in [1.29, 1.82) is 0 Å². The van der Waals surface area contributed by atoms with Gasteiger partial charge in [0.15, 0.2) is 0 Å². The lowest BCUT2D eigenvalue weighted by atomic mass is 10.1. The van der Waals surface area contributed by atoms with Crippen LogP contribution in [0.15, 0.2) is 24.3 Å². The second kappa shape index (κ2) is 6.38. The van der Waals surface area contributed by atoms with Crippen molar-refractivity contribution in [3.8, 4) is 0 Å². The molecule has 0 amide bonds. The van der Waals surface area contributed by atoms with E-state index in [1.807, 2.05) is 0 Å². The van der Waals surface area contributed by atoms with Crippen LogP contribution in [-0.4, -0.2) is 23.5 Å². The van der Waals surface area contributed by atoms with E-state index < -0.39 is 40.6 Å². The summed E-state index contributed by atoms with van der Waals surface area (Å²) >= 11 is 0. The van der Waals surface area contributed by atoms with E-state index in [0.717, 1.165) is 6.07 Å². The van der Waals surface area contributed by atoms with E-state index in [1.165, 1.54) is 6.92 Å². The summed E-state index contributed by atoms with van der Waals surface area (Å²) in [6.45, 7) is 1.37. The number of alkyl halides is 3. The molecule has 0 aliphatic carbocycles. The highest BCUT2D eigenvalue weighted by atomic mass is 19.4. The van der Waals surface area contributed by atoms with E-state index in [0.29, 0.717) is 18.2 Å². The summed E-state index contributed by atoms with van der Waals surface area (Å²) in [5.41, 5.74) is -2.05. The highest BCUT2D eigenvalue weighted by Crippen LogP contribution is 2.32. The molecular weight excluding hydrogens is 296 g/mol. The first-order chi connectivity index (χ1) is 9.66. The molecular formula is C13H10F4O4. The molecule has 0 saturated heterocycles. The molecule has 1 aromatic rings. The number of rotatable bonds is 4. The molecule has 0 heterocycles. The van der Waals surface area contributed by atoms with Gasteiger partial charge in [0.1, 0.15) is 11.6 Å². The summed E-state index contributed by atoms with van der Waals surface area (Å²) in [4.78, 5) is 22.3. The number of hydrogen-bond acceptors (Lipinski definition) is 4. The number of hydrogen-bond donors (Lipinski definition) is 1. The van der Waals surface area contributed by atoms with E-state index in [4.69, 9.17) is 0 Å². The summed E-state index contributed by atoms with van der Waals surface area (Å²) in [6.07, 6.45) is -4.54. The molecule has 0 aliphatic heterocycles. The number of carbonyl (C=O) groups is 2. The van der Waals surface area contributed by atoms with Gasteiger partial charge in [0.25, 0.3) is 5.78 Å². The lowest BCUT2D eigenvalue weighted by Gasteiger charge is -2.09. The first kappa shape index (κ1) is 16.7. The summed E-state index contributed by atoms with van der Waals surface area (Å²) < 4.78 is 54.9. The third kappa shape index (κ3) is 4.30. The minimum absolute atomic E-state index is 0.0755. The van der Waals surface area contributed by atoms with E-state index >= 15 is 0 Å². The van der Waals surface area contributed by atoms with Crippen LogP contribution >= 0.6 is 0 Å². The highest BCUT2D eigenvalue weighted by Gasteiger charge is 2.34. The topological polar surface area (TPSA) is 63.6 Å². The van der Waals surface area contributed by atoms with E-state index in [-0.39, 0.29) is 6.61 Å². The molecule has 8 heteroatoms. The Kier molecular flexibility index (Phi) is 5.07. The highest BCUT2D eigenvalue weighted by molar-refractivity contribution is 6.39. The van der Waals surface area contributed by atoms with Crippen LogP contribution in [0.3, 0.4) is 0 Å². The normalized spacial score (nSPS) is 12.1. The average Bonchev–Trinajstić information content (AvgIpc) is 2.37. The molecule has 0 spiro atoms. The fourth-order valence-electron chi connectivity index (χ4n) is 1.37. The molecule has 1 aromatic carbocycles. The maximum absolute atomic E-state index is 13.1. The Morgan fingerprint density at radius 1 is 1.33 bits per heavy atom. The van der Waals surface area contributed by atoms with Gasteiger partial charge in [-0.15, -0.1) is 0 Å². The van der Waals surface area contributed by atoms with Crippen LogP contribution in [0.5, 0.6) is 0 Å². The standard InChI is InChI=1S/C13H10F4O4/c1-2-21-12(20)11(19)6-10(18)7-3-4-9(14)8(5-7)13(15,16)17/h3-6,18H,2H2,1H3. The van der Waals surface area contributed by atoms with Crippen LogP contribution in [-0.2, 0) is 20.5 Å². The largest absolute Gasteiger partial charge is 0.507 e. The van der Waals surface area contributed by atoms with Crippen LogP contribution in [0.25, 0.3) is 5.76 Å². The van der Waals surface area contributed by atoms with Crippen LogP contribution in [0.4, 0.5) is 17.6 Å². The number of ether oxygens (including phenoxy) is 1. The Morgan fingerprint density at radius 3 is 2.48 bits per heavy atom. The molecule has 1 rings (SSSR count). The van der Waals surface area contributed by atoms with Gasteiger partial charge < -0.3 is 9.84 Å². The second-order valence-electron chi connectivity index (χ2n) is 3.81. The predicted molar refractivity (Wildman–Crippen MR) is 63.6 cm³/mol. The van der Waals surface area contributed by atoms with Crippen LogP contribution < -0.4 is 0 Å². The van der Waals surface area contributed by atoms with Crippen molar-refractivity contribution in [3.05, 3.63) is 41.2 Å². The SMILES string of the molecule is CCOC(=O)C(=O)C=C(O)c1ccc(F)c(C(F)(F)F)c1. The summed E-state index contributed by atoms with van der Waals surface area (Å²) in [5.74, 6) is -4.93. The fourth-order valence-corrected chi connectivity index (χ4v) is 1.37. The number of benzene rings is 1. The van der Waals surface area contributed by atoms with Gasteiger partial charge in [-0.2, -0.15) is 13.2 Å². The Morgan fingerprint density at radius 2 is 1.95 bits per heavy atom. The first-order valence-electron chi connectivity index (χ1n) is 5.65. The molecule has 0 aliphatic rings. The van der Waals surface area contributed by atoms with Crippen molar-refractivity contribution in [2.24, 2.45) is 0 Å². The first-order valence-corrected chi connectivity index (χ1v) is 5.65. The molecule has 0 fully saturated rings. The molecule has 1 N–H and O–H groups in total. The van der Waals surface area contributed by atoms with E-state index in [1.54, 1.807) is 0 Å². The Labute approximate surface area is 116 Å². The second-order valence-corrected chi connectivity index (χ2v) is 3.81. The predicted octanol–water partition coefficient (Wildman–Crippen LogP) is 2.88. The molecule has 114 valence electrons. The average molecular weight is 306 g/mol. The zero-order valence-corrected chi connectivity index (χ0v) is 10.7. The molecule has 21 heavy (non-hydrogen) atoms. The molecule has 0 radical (unpaired) electrons. The smallest absolute Gasteiger partial charge is 0.419 e. The monoisotopic (exact) mass is 306 g/mol. The maximum Gasteiger partial charge on any atom is 0.419 e. The van der Waals surface area contributed by atoms with Crippen molar-refractivity contribution < 1.29 is 37.0 Å². The van der Waals surface area contributed by atoms with Gasteiger partial charge in [0.2, 0.25) is 0 Å². The Hall–Kier alpha value is -2.38. The van der Waals surface area contributed by atoms with Crippen molar-refractivity contribution in [3.63, 3.8) is 0 Å². The Balaban J connectivity index is 3.11. The van der Waals surface area contributed by atoms with Crippen LogP contribution in [0.1, 0.15) is 18.1 Å². The van der Waals surface area contributed by atoms with E-state index in [9.17, 15) is 32.3 Å². The third-order valence-electron chi connectivity index (χ3n) is 2.31. The van der Waals surface area contributed by atoms with Crippen molar-refractivity contribution in [1.82, 2.24) is 0 Å². The van der Waals surface area contributed by atoms with E-state index in [2.05, 4.69) is 4.74 Å². The number of aliphatic hydroxyl groups excluding tert-OH is 1. The van der Waals surface area contributed by atoms with Gasteiger partial charge in [-0.25, -0.2) is 9.18 Å². The van der Waals surface area contributed by atoms with Crippen molar-refractivity contribution in [2.45, 2.75) is 13.1 Å². The molecule has 0 saturated carbocycles. The van der Waals surface area contributed by atoms with Crippen molar-refractivity contribution in [2.75, 3.05) is 6.61 Å². The summed E-state index contributed by atoms with van der Waals surface area (Å²) in [7, 11) is 0. The lowest BCUT2D eigenvalue weighted by Crippen LogP contribution is -2.15. The van der Waals surface area contributed by atoms with Crippen molar-refractivity contribution >= 4 is 17.5 Å². The zero-order chi connectivity index (χ0) is 16.2. The minimum atomic E-state index is -4.95. The Bertz CT molecular complexity index is 590. The fraction of sp³-hybridized carbons (Fsp3) is 0.231. The molecule has 0 unspecified atom stereocenters. The lowest BCUT2D eigenvalue weighted by molar-refractivity contribution is -0.151. The van der Waals surface area contributed by atoms with Gasteiger partial charge in [-0.3, -0.25) is 4.79 Å². The number of esters is 1. The van der Waals surface area contributed by atoms with Gasteiger partial charge in [-0.05, 0) is 25.1 Å². The molecule has 0 aromatic heterocycles. The molecule has 0 atom stereocenters. The van der Waals surface area contributed by atoms with Crippen LogP contribution in [0.2, 0.25) is 0 Å². The van der Waals surface area contributed by atoms with Gasteiger partial charge >= 0.3 is 12.1 Å². The summed E-state index contributed by atoms with van der Waals surface area (Å²) in [6, 6.07) is 1.67. The molecule has 4 nitrogen and oxygen atoms in total. The van der Waals surface area contributed by atoms with Crippen LogP contribution in [0, 0.1) is 5.82 Å². The summed E-state index contributed by atoms with van der Waals surface area (Å²) in [5, 5.41) is 9.53. The number of ketones is 1. The quantitative estimate of drug-likeness (QED) is 0.305. The number of halogens is 4. The van der Waals surface area contributed by atoms with Gasteiger partial charge in [0, 0.05) is 11.6 Å². The third-order valence-corrected chi connectivity index (χ3v) is 2.31. The minimum Gasteiger partial charge on any atom is -0.507 e. The number of carbonyl (C=O) groups excluding carboxylic acids is 2.